The molecule has 1 aliphatic rings. The predicted molar refractivity (Wildman–Crippen MR) is 97.9 cm³/mol. The molecule has 1 fully saturated rings. The molecule has 0 radical (unpaired) electrons. The maximum absolute atomic E-state index is 12.2. The topological polar surface area (TPSA) is 54.0 Å². The molecule has 0 bridgehead atoms. The van der Waals surface area contributed by atoms with Crippen LogP contribution in [-0.4, -0.2) is 33.9 Å². The van der Waals surface area contributed by atoms with Gasteiger partial charge in [0.1, 0.15) is 5.75 Å². The van der Waals surface area contributed by atoms with Gasteiger partial charge >= 0.3 is 5.97 Å². The zero-order valence-electron chi connectivity index (χ0n) is 15.4. The summed E-state index contributed by atoms with van der Waals surface area (Å²) in [7, 11) is 4.88. The molecule has 2 atom stereocenters. The van der Waals surface area contributed by atoms with Crippen LogP contribution >= 0.6 is 0 Å². The van der Waals surface area contributed by atoms with E-state index in [9.17, 15) is 4.79 Å². The lowest BCUT2D eigenvalue weighted by Gasteiger charge is -2.16. The van der Waals surface area contributed by atoms with Crippen LogP contribution in [0.5, 0.6) is 17.2 Å². The minimum absolute atomic E-state index is 0.119. The Morgan fingerprint density at radius 2 is 1.58 bits per heavy atom. The molecular formula is C21H24O5. The Hall–Kier alpha value is -2.69. The van der Waals surface area contributed by atoms with E-state index in [4.69, 9.17) is 18.9 Å². The van der Waals surface area contributed by atoms with Crippen LogP contribution in [0.2, 0.25) is 0 Å². The molecule has 1 aliphatic heterocycles. The van der Waals surface area contributed by atoms with Gasteiger partial charge in [0.2, 0.25) is 0 Å². The number of benzene rings is 2. The lowest BCUT2D eigenvalue weighted by Crippen LogP contribution is -2.20. The zero-order chi connectivity index (χ0) is 18.5. The van der Waals surface area contributed by atoms with Crippen LogP contribution in [0.1, 0.15) is 11.1 Å². The van der Waals surface area contributed by atoms with E-state index in [0.29, 0.717) is 24.5 Å². The van der Waals surface area contributed by atoms with Gasteiger partial charge in [0.25, 0.3) is 0 Å². The maximum Gasteiger partial charge on any atom is 0.309 e. The number of rotatable bonds is 7. The number of carbonyl (C=O) groups excluding carboxylic acids is 1. The van der Waals surface area contributed by atoms with Crippen molar-refractivity contribution >= 4 is 5.97 Å². The Morgan fingerprint density at radius 3 is 2.23 bits per heavy atom. The van der Waals surface area contributed by atoms with E-state index < -0.39 is 0 Å². The highest BCUT2D eigenvalue weighted by molar-refractivity contribution is 5.75. The van der Waals surface area contributed by atoms with Crippen molar-refractivity contribution in [3.63, 3.8) is 0 Å². The molecule has 0 N–H and O–H groups in total. The summed E-state index contributed by atoms with van der Waals surface area (Å²) >= 11 is 0. The number of carbonyl (C=O) groups is 1. The molecule has 2 aromatic rings. The summed E-state index contributed by atoms with van der Waals surface area (Å²) in [5.74, 6) is 2.09. The Labute approximate surface area is 153 Å². The number of hydrogen-bond donors (Lipinski definition) is 0. The number of hydrogen-bond acceptors (Lipinski definition) is 5. The average molecular weight is 356 g/mol. The lowest BCUT2D eigenvalue weighted by molar-refractivity contribution is -0.141. The fraction of sp³-hybridized carbons (Fsp3) is 0.381. The van der Waals surface area contributed by atoms with E-state index >= 15 is 0 Å². The van der Waals surface area contributed by atoms with E-state index in [2.05, 4.69) is 0 Å². The summed E-state index contributed by atoms with van der Waals surface area (Å²) in [6.07, 6.45) is 1.42. The van der Waals surface area contributed by atoms with Gasteiger partial charge in [0, 0.05) is 5.92 Å². The summed E-state index contributed by atoms with van der Waals surface area (Å²) in [5.41, 5.74) is 2.21. The second-order valence-corrected chi connectivity index (χ2v) is 6.44. The zero-order valence-corrected chi connectivity index (χ0v) is 15.4. The van der Waals surface area contributed by atoms with Crippen molar-refractivity contribution in [2.75, 3.05) is 27.9 Å². The molecule has 3 rings (SSSR count). The standard InChI is InChI=1S/C21H24O5/c1-23-17-7-4-14(5-8-17)11-18-16(13-26-21(18)22)10-15-6-9-19(24-2)20(12-15)25-3/h4-9,12,16,18H,10-11,13H2,1-3H3/t16-,18+/m0/s1. The molecule has 5 heteroatoms. The van der Waals surface area contributed by atoms with E-state index in [1.165, 1.54) is 0 Å². The molecule has 0 spiro atoms. The highest BCUT2D eigenvalue weighted by atomic mass is 16.5. The highest BCUT2D eigenvalue weighted by Gasteiger charge is 2.36. The summed E-state index contributed by atoms with van der Waals surface area (Å²) in [6.45, 7) is 0.452. The average Bonchev–Trinajstić information content (AvgIpc) is 3.02. The Kier molecular flexibility index (Phi) is 5.66. The second kappa shape index (κ2) is 8.13. The Bertz CT molecular complexity index is 753. The van der Waals surface area contributed by atoms with Gasteiger partial charge in [-0.2, -0.15) is 0 Å². The monoisotopic (exact) mass is 356 g/mol. The normalized spacial score (nSPS) is 19.1. The lowest BCUT2D eigenvalue weighted by atomic mass is 9.85. The van der Waals surface area contributed by atoms with Crippen LogP contribution in [0, 0.1) is 11.8 Å². The first-order valence-corrected chi connectivity index (χ1v) is 8.65. The van der Waals surface area contributed by atoms with Gasteiger partial charge in [-0.15, -0.1) is 0 Å². The van der Waals surface area contributed by atoms with Crippen LogP contribution in [0.15, 0.2) is 42.5 Å². The second-order valence-electron chi connectivity index (χ2n) is 6.44. The molecule has 26 heavy (non-hydrogen) atoms. The van der Waals surface area contributed by atoms with Gasteiger partial charge in [-0.05, 0) is 48.2 Å². The minimum atomic E-state index is -0.142. The van der Waals surface area contributed by atoms with Crippen molar-refractivity contribution in [2.45, 2.75) is 12.8 Å². The van der Waals surface area contributed by atoms with E-state index in [1.807, 2.05) is 42.5 Å². The van der Waals surface area contributed by atoms with E-state index in [-0.39, 0.29) is 17.8 Å². The number of esters is 1. The molecule has 0 aliphatic carbocycles. The van der Waals surface area contributed by atoms with Crippen LogP contribution in [0.4, 0.5) is 0 Å². The third kappa shape index (κ3) is 3.93. The number of methoxy groups -OCH3 is 3. The van der Waals surface area contributed by atoms with Crippen molar-refractivity contribution in [1.82, 2.24) is 0 Å². The molecule has 0 amide bonds. The van der Waals surface area contributed by atoms with Crippen LogP contribution in [-0.2, 0) is 22.4 Å². The van der Waals surface area contributed by atoms with E-state index in [1.54, 1.807) is 21.3 Å². The van der Waals surface area contributed by atoms with E-state index in [0.717, 1.165) is 23.3 Å². The molecule has 0 saturated carbocycles. The van der Waals surface area contributed by atoms with Crippen LogP contribution in [0.25, 0.3) is 0 Å². The maximum atomic E-state index is 12.2. The quantitative estimate of drug-likeness (QED) is 0.713. The molecule has 0 unspecified atom stereocenters. The minimum Gasteiger partial charge on any atom is -0.497 e. The van der Waals surface area contributed by atoms with Crippen molar-refractivity contribution in [3.05, 3.63) is 53.6 Å². The molecular weight excluding hydrogens is 332 g/mol. The van der Waals surface area contributed by atoms with Gasteiger partial charge in [0.05, 0.1) is 33.9 Å². The Balaban J connectivity index is 1.73. The highest BCUT2D eigenvalue weighted by Crippen LogP contribution is 2.33. The summed E-state index contributed by atoms with van der Waals surface area (Å²) < 4.78 is 21.2. The first-order valence-electron chi connectivity index (χ1n) is 8.65. The SMILES string of the molecule is COc1ccc(C[C@H]2C(=O)OC[C@@H]2Cc2ccc(OC)c(OC)c2)cc1. The van der Waals surface area contributed by atoms with Gasteiger partial charge < -0.3 is 18.9 Å². The predicted octanol–water partition coefficient (Wildman–Crippen LogP) is 3.29. The first-order chi connectivity index (χ1) is 12.6. The third-order valence-electron chi connectivity index (χ3n) is 4.87. The smallest absolute Gasteiger partial charge is 0.309 e. The largest absolute Gasteiger partial charge is 0.497 e. The summed E-state index contributed by atoms with van der Waals surface area (Å²) in [5, 5.41) is 0. The van der Waals surface area contributed by atoms with Crippen LogP contribution in [0.3, 0.4) is 0 Å². The number of ether oxygens (including phenoxy) is 4. The fourth-order valence-electron chi connectivity index (χ4n) is 3.38. The van der Waals surface area contributed by atoms with Gasteiger partial charge in [-0.3, -0.25) is 4.79 Å². The summed E-state index contributed by atoms with van der Waals surface area (Å²) in [4.78, 5) is 12.2. The Morgan fingerprint density at radius 1 is 0.885 bits per heavy atom. The molecule has 1 heterocycles. The molecule has 2 aromatic carbocycles. The molecule has 1 saturated heterocycles. The van der Waals surface area contributed by atoms with Gasteiger partial charge in [-0.1, -0.05) is 18.2 Å². The van der Waals surface area contributed by atoms with Crippen molar-refractivity contribution in [3.8, 4) is 17.2 Å². The number of cyclic esters (lactones) is 1. The molecule has 0 aromatic heterocycles. The van der Waals surface area contributed by atoms with Gasteiger partial charge in [0.15, 0.2) is 11.5 Å². The van der Waals surface area contributed by atoms with Crippen molar-refractivity contribution in [1.29, 1.82) is 0 Å². The fourth-order valence-corrected chi connectivity index (χ4v) is 3.38. The molecule has 5 nitrogen and oxygen atoms in total. The first kappa shape index (κ1) is 18.1. The summed E-state index contributed by atoms with van der Waals surface area (Å²) in [6, 6.07) is 13.7. The van der Waals surface area contributed by atoms with Crippen LogP contribution < -0.4 is 14.2 Å². The van der Waals surface area contributed by atoms with Gasteiger partial charge in [-0.25, -0.2) is 0 Å². The molecule has 138 valence electrons. The third-order valence-corrected chi connectivity index (χ3v) is 4.87. The van der Waals surface area contributed by atoms with Crippen molar-refractivity contribution < 1.29 is 23.7 Å². The van der Waals surface area contributed by atoms with Crippen molar-refractivity contribution in [2.24, 2.45) is 11.8 Å².